The lowest BCUT2D eigenvalue weighted by atomic mass is 9.90. The van der Waals surface area contributed by atoms with E-state index >= 15 is 0 Å². The zero-order valence-electron chi connectivity index (χ0n) is 24.5. The Labute approximate surface area is 243 Å². The molecule has 1 unspecified atom stereocenters. The molecule has 0 saturated heterocycles. The standard InChI is InChI=1S/C33H42ClN5O/c1-7-22(4)31(36-26-13-15-27(16-14-26)38(5)6)37-32-23(8-2)19-29(33(40)39(32)9-3)28-17-12-24(20-30(28)34)25-11-10-18-35-21-25/h8,10-12,17-22,26-27H,2,7,9,13-16H2,1,3-6H3,(H,36,37). The highest BCUT2D eigenvalue weighted by Gasteiger charge is 2.24. The van der Waals surface area contributed by atoms with E-state index in [0.29, 0.717) is 28.7 Å². The molecule has 1 aliphatic rings. The summed E-state index contributed by atoms with van der Waals surface area (Å²) in [5.74, 6) is 1.90. The van der Waals surface area contributed by atoms with Crippen molar-refractivity contribution in [2.45, 2.75) is 71.5 Å². The Morgan fingerprint density at radius 3 is 2.50 bits per heavy atom. The van der Waals surface area contributed by atoms with Crippen molar-refractivity contribution in [2.24, 2.45) is 10.9 Å². The quantitative estimate of drug-likeness (QED) is 0.216. The van der Waals surface area contributed by atoms with Gasteiger partial charge < -0.3 is 10.2 Å². The summed E-state index contributed by atoms with van der Waals surface area (Å²) in [6, 6.07) is 12.5. The molecule has 2 aromatic heterocycles. The van der Waals surface area contributed by atoms with Gasteiger partial charge >= 0.3 is 0 Å². The minimum Gasteiger partial charge on any atom is -0.329 e. The second kappa shape index (κ2) is 13.4. The van der Waals surface area contributed by atoms with Crippen LogP contribution in [-0.2, 0) is 6.54 Å². The molecule has 1 aliphatic carbocycles. The number of hydrogen-bond acceptors (Lipinski definition) is 4. The Morgan fingerprint density at radius 2 is 1.93 bits per heavy atom. The summed E-state index contributed by atoms with van der Waals surface area (Å²) in [5, 5.41) is 4.13. The number of pyridine rings is 2. The lowest BCUT2D eigenvalue weighted by molar-refractivity contribution is 0.217. The first-order valence-corrected chi connectivity index (χ1v) is 14.8. The molecule has 7 heteroatoms. The largest absolute Gasteiger partial charge is 0.329 e. The van der Waals surface area contributed by atoms with Crippen LogP contribution in [0.4, 0.5) is 5.82 Å². The first-order chi connectivity index (χ1) is 19.3. The van der Waals surface area contributed by atoms with E-state index < -0.39 is 0 Å². The summed E-state index contributed by atoms with van der Waals surface area (Å²) in [5.41, 5.74) is 3.92. The predicted octanol–water partition coefficient (Wildman–Crippen LogP) is 7.62. The molecule has 1 fully saturated rings. The zero-order chi connectivity index (χ0) is 28.8. The van der Waals surface area contributed by atoms with Crippen molar-refractivity contribution >= 4 is 29.3 Å². The van der Waals surface area contributed by atoms with Crippen LogP contribution in [0.25, 0.3) is 28.3 Å². The van der Waals surface area contributed by atoms with Crippen LogP contribution in [0.5, 0.6) is 0 Å². The molecule has 2 heterocycles. The Bertz CT molecular complexity index is 1400. The number of nitrogens with zero attached hydrogens (tertiary/aromatic N) is 4. The maximum Gasteiger partial charge on any atom is 0.260 e. The Kier molecular flexibility index (Phi) is 9.99. The van der Waals surface area contributed by atoms with Crippen molar-refractivity contribution in [2.75, 3.05) is 19.4 Å². The summed E-state index contributed by atoms with van der Waals surface area (Å²) in [7, 11) is 4.32. The molecule has 0 spiro atoms. The van der Waals surface area contributed by atoms with E-state index in [1.807, 2.05) is 43.3 Å². The van der Waals surface area contributed by atoms with Gasteiger partial charge in [-0.05, 0) is 76.9 Å². The van der Waals surface area contributed by atoms with Crippen molar-refractivity contribution in [3.8, 4) is 22.3 Å². The maximum absolute atomic E-state index is 13.9. The smallest absolute Gasteiger partial charge is 0.260 e. The van der Waals surface area contributed by atoms with Crippen molar-refractivity contribution in [1.82, 2.24) is 14.5 Å². The van der Waals surface area contributed by atoms with Crippen LogP contribution in [-0.4, -0.2) is 46.5 Å². The van der Waals surface area contributed by atoms with Crippen LogP contribution in [0.3, 0.4) is 0 Å². The van der Waals surface area contributed by atoms with Crippen LogP contribution in [0.1, 0.15) is 58.4 Å². The monoisotopic (exact) mass is 559 g/mol. The van der Waals surface area contributed by atoms with Crippen LogP contribution >= 0.6 is 11.6 Å². The van der Waals surface area contributed by atoms with Gasteiger partial charge in [-0.15, -0.1) is 0 Å². The number of aliphatic imine (C=N–C) groups is 1. The molecule has 40 heavy (non-hydrogen) atoms. The van der Waals surface area contributed by atoms with Gasteiger partial charge in [-0.3, -0.25) is 19.3 Å². The van der Waals surface area contributed by atoms with E-state index in [1.165, 1.54) is 0 Å². The summed E-state index contributed by atoms with van der Waals surface area (Å²) in [4.78, 5) is 25.6. The highest BCUT2D eigenvalue weighted by atomic mass is 35.5. The molecule has 1 aromatic carbocycles. The van der Waals surface area contributed by atoms with Gasteiger partial charge in [0, 0.05) is 58.2 Å². The van der Waals surface area contributed by atoms with Crippen molar-refractivity contribution in [3.63, 3.8) is 0 Å². The fourth-order valence-corrected chi connectivity index (χ4v) is 5.71. The molecule has 4 rings (SSSR count). The summed E-state index contributed by atoms with van der Waals surface area (Å²) < 4.78 is 1.78. The van der Waals surface area contributed by atoms with Gasteiger partial charge in [0.2, 0.25) is 0 Å². The molecule has 0 aliphatic heterocycles. The maximum atomic E-state index is 13.9. The van der Waals surface area contributed by atoms with Crippen LogP contribution in [0.15, 0.2) is 65.2 Å². The van der Waals surface area contributed by atoms with Crippen molar-refractivity contribution < 1.29 is 0 Å². The second-order valence-corrected chi connectivity index (χ2v) is 11.3. The second-order valence-electron chi connectivity index (χ2n) is 10.9. The molecule has 6 nitrogen and oxygen atoms in total. The van der Waals surface area contributed by atoms with Gasteiger partial charge in [0.1, 0.15) is 11.7 Å². The molecule has 1 saturated carbocycles. The third-order valence-corrected chi connectivity index (χ3v) is 8.47. The van der Waals surface area contributed by atoms with Crippen LogP contribution < -0.4 is 10.9 Å². The number of aromatic nitrogens is 2. The SMILES string of the molecule is C=Cc1cc(-c2ccc(-c3cccnc3)cc2Cl)c(=O)n(CC)c1NC(=NC1CCC(N(C)C)CC1)C(C)CC. The number of halogens is 1. The molecule has 0 amide bonds. The molecular formula is C33H42ClN5O. The number of anilines is 1. The minimum atomic E-state index is -0.0957. The highest BCUT2D eigenvalue weighted by molar-refractivity contribution is 6.33. The fraction of sp³-hybridized carbons (Fsp3) is 0.424. The van der Waals surface area contributed by atoms with Crippen molar-refractivity contribution in [3.05, 3.63) is 76.3 Å². The van der Waals surface area contributed by atoms with E-state index in [-0.39, 0.29) is 17.5 Å². The topological polar surface area (TPSA) is 62.5 Å². The van der Waals surface area contributed by atoms with Crippen LogP contribution in [0.2, 0.25) is 5.02 Å². The van der Waals surface area contributed by atoms with Gasteiger partial charge in [0.05, 0.1) is 6.04 Å². The molecule has 212 valence electrons. The minimum absolute atomic E-state index is 0.0957. The van der Waals surface area contributed by atoms with Gasteiger partial charge in [0.25, 0.3) is 5.56 Å². The van der Waals surface area contributed by atoms with E-state index in [2.05, 4.69) is 49.7 Å². The molecule has 0 bridgehead atoms. The van der Waals surface area contributed by atoms with E-state index in [4.69, 9.17) is 16.6 Å². The molecule has 0 radical (unpaired) electrons. The highest BCUT2D eigenvalue weighted by Crippen LogP contribution is 2.33. The van der Waals surface area contributed by atoms with E-state index in [0.717, 1.165) is 60.4 Å². The number of hydrogen-bond donors (Lipinski definition) is 1. The van der Waals surface area contributed by atoms with E-state index in [1.54, 1.807) is 23.0 Å². The molecular weight excluding hydrogens is 518 g/mol. The van der Waals surface area contributed by atoms with Gasteiger partial charge in [-0.25, -0.2) is 0 Å². The number of rotatable bonds is 9. The predicted molar refractivity (Wildman–Crippen MR) is 170 cm³/mol. The Balaban J connectivity index is 1.71. The lowest BCUT2D eigenvalue weighted by Gasteiger charge is -2.32. The normalized spacial score (nSPS) is 18.5. The number of benzene rings is 1. The average molecular weight is 560 g/mol. The first-order valence-electron chi connectivity index (χ1n) is 14.4. The van der Waals surface area contributed by atoms with Gasteiger partial charge in [0.15, 0.2) is 0 Å². The molecule has 1 N–H and O–H groups in total. The van der Waals surface area contributed by atoms with Crippen LogP contribution in [0, 0.1) is 5.92 Å². The average Bonchev–Trinajstić information content (AvgIpc) is 2.97. The van der Waals surface area contributed by atoms with Gasteiger partial charge in [-0.1, -0.05) is 56.3 Å². The molecule has 3 aromatic rings. The van der Waals surface area contributed by atoms with Gasteiger partial charge in [-0.2, -0.15) is 0 Å². The molecule has 1 atom stereocenters. The third-order valence-electron chi connectivity index (χ3n) is 8.15. The Morgan fingerprint density at radius 1 is 1.18 bits per heavy atom. The third kappa shape index (κ3) is 6.56. The fourth-order valence-electron chi connectivity index (χ4n) is 5.42. The number of amidine groups is 1. The summed E-state index contributed by atoms with van der Waals surface area (Å²) >= 11 is 6.77. The summed E-state index contributed by atoms with van der Waals surface area (Å²) in [6.45, 7) is 10.9. The van der Waals surface area contributed by atoms with Crippen molar-refractivity contribution in [1.29, 1.82) is 0 Å². The van der Waals surface area contributed by atoms with E-state index in [9.17, 15) is 4.79 Å². The number of nitrogens with one attached hydrogen (secondary N) is 1. The summed E-state index contributed by atoms with van der Waals surface area (Å²) in [6.07, 6.45) is 10.8. The lowest BCUT2D eigenvalue weighted by Crippen LogP contribution is -2.34. The first kappa shape index (κ1) is 29.8. The Hall–Kier alpha value is -3.22. The zero-order valence-corrected chi connectivity index (χ0v) is 25.2.